The summed E-state index contributed by atoms with van der Waals surface area (Å²) in [6.45, 7) is 1.86. The molecule has 126 valence electrons. The van der Waals surface area contributed by atoms with E-state index in [1.807, 2.05) is 18.2 Å². The van der Waals surface area contributed by atoms with Crippen LogP contribution in [0.2, 0.25) is 0 Å². The molecule has 0 radical (unpaired) electrons. The zero-order valence-electron chi connectivity index (χ0n) is 13.5. The SMILES string of the molecule is O=C(c1c2n(c3ccccc13)CCC2)N1CCC2(CC1)CC2(F)F. The van der Waals surface area contributed by atoms with E-state index >= 15 is 0 Å². The number of fused-ring (bicyclic) bond motifs is 3. The van der Waals surface area contributed by atoms with Gasteiger partial charge in [-0.25, -0.2) is 8.78 Å². The van der Waals surface area contributed by atoms with Gasteiger partial charge >= 0.3 is 0 Å². The predicted octanol–water partition coefficient (Wildman–Crippen LogP) is 3.85. The molecule has 24 heavy (non-hydrogen) atoms. The zero-order chi connectivity index (χ0) is 16.5. The van der Waals surface area contributed by atoms with Gasteiger partial charge in [0.2, 0.25) is 0 Å². The van der Waals surface area contributed by atoms with Gasteiger partial charge in [0, 0.05) is 48.1 Å². The average Bonchev–Trinajstić information content (AvgIpc) is 2.94. The normalized spacial score (nSPS) is 23.7. The van der Waals surface area contributed by atoms with Crippen molar-refractivity contribution < 1.29 is 13.6 Å². The number of halogens is 2. The lowest BCUT2D eigenvalue weighted by atomic mass is 9.92. The molecule has 2 aromatic rings. The van der Waals surface area contributed by atoms with Crippen LogP contribution in [-0.2, 0) is 13.0 Å². The van der Waals surface area contributed by atoms with Crippen LogP contribution in [0, 0.1) is 5.41 Å². The van der Waals surface area contributed by atoms with Crippen molar-refractivity contribution in [1.29, 1.82) is 0 Å². The number of aryl methyl sites for hydroxylation is 1. The Morgan fingerprint density at radius 3 is 2.50 bits per heavy atom. The predicted molar refractivity (Wildman–Crippen MR) is 87.4 cm³/mol. The first-order chi connectivity index (χ1) is 11.5. The van der Waals surface area contributed by atoms with Gasteiger partial charge in [-0.1, -0.05) is 18.2 Å². The van der Waals surface area contributed by atoms with Crippen molar-refractivity contribution in [3.63, 3.8) is 0 Å². The van der Waals surface area contributed by atoms with E-state index in [1.54, 1.807) is 4.90 Å². The number of alkyl halides is 2. The Morgan fingerprint density at radius 2 is 1.79 bits per heavy atom. The quantitative estimate of drug-likeness (QED) is 0.780. The first kappa shape index (κ1) is 14.4. The van der Waals surface area contributed by atoms with Crippen molar-refractivity contribution >= 4 is 16.8 Å². The molecule has 1 saturated carbocycles. The highest BCUT2D eigenvalue weighted by atomic mass is 19.3. The van der Waals surface area contributed by atoms with Gasteiger partial charge in [0.15, 0.2) is 0 Å². The lowest BCUT2D eigenvalue weighted by Gasteiger charge is -2.32. The van der Waals surface area contributed by atoms with E-state index < -0.39 is 11.3 Å². The number of rotatable bonds is 1. The van der Waals surface area contributed by atoms with Crippen LogP contribution in [0.25, 0.3) is 10.9 Å². The highest BCUT2D eigenvalue weighted by Gasteiger charge is 2.70. The van der Waals surface area contributed by atoms with E-state index in [4.69, 9.17) is 0 Å². The van der Waals surface area contributed by atoms with Gasteiger partial charge in [-0.15, -0.1) is 0 Å². The van der Waals surface area contributed by atoms with Crippen LogP contribution >= 0.6 is 0 Å². The number of benzene rings is 1. The third kappa shape index (κ3) is 1.78. The number of hydrogen-bond acceptors (Lipinski definition) is 1. The molecule has 1 spiro atoms. The minimum atomic E-state index is -2.51. The number of amides is 1. The molecule has 0 N–H and O–H groups in total. The fourth-order valence-corrected chi connectivity index (χ4v) is 4.73. The second-order valence-corrected chi connectivity index (χ2v) is 7.55. The monoisotopic (exact) mass is 330 g/mol. The van der Waals surface area contributed by atoms with Crippen LogP contribution < -0.4 is 0 Å². The van der Waals surface area contributed by atoms with Crippen molar-refractivity contribution in [1.82, 2.24) is 9.47 Å². The summed E-state index contributed by atoms with van der Waals surface area (Å²) >= 11 is 0. The van der Waals surface area contributed by atoms with E-state index in [0.29, 0.717) is 25.9 Å². The number of carbonyl (C=O) groups is 1. The molecule has 2 aliphatic heterocycles. The first-order valence-electron chi connectivity index (χ1n) is 8.80. The minimum absolute atomic E-state index is 0.00654. The van der Waals surface area contributed by atoms with Crippen LogP contribution in [0.3, 0.4) is 0 Å². The molecule has 1 saturated heterocycles. The molecule has 3 heterocycles. The summed E-state index contributed by atoms with van der Waals surface area (Å²) in [6.07, 6.45) is 2.85. The number of para-hydroxylation sites is 1. The van der Waals surface area contributed by atoms with Crippen molar-refractivity contribution in [3.8, 4) is 0 Å². The fraction of sp³-hybridized carbons (Fsp3) is 0.526. The van der Waals surface area contributed by atoms with Crippen molar-refractivity contribution in [3.05, 3.63) is 35.5 Å². The Kier molecular flexibility index (Phi) is 2.76. The molecule has 5 rings (SSSR count). The summed E-state index contributed by atoms with van der Waals surface area (Å²) in [5.41, 5.74) is 2.24. The Hall–Kier alpha value is -1.91. The number of carbonyl (C=O) groups excluding carboxylic acids is 1. The molecular weight excluding hydrogens is 310 g/mol. The minimum Gasteiger partial charge on any atom is -0.344 e. The summed E-state index contributed by atoms with van der Waals surface area (Å²) in [4.78, 5) is 14.9. The Bertz CT molecular complexity index is 846. The van der Waals surface area contributed by atoms with Crippen LogP contribution in [0.4, 0.5) is 8.78 Å². The van der Waals surface area contributed by atoms with Gasteiger partial charge in [0.25, 0.3) is 11.8 Å². The van der Waals surface area contributed by atoms with Gasteiger partial charge in [-0.05, 0) is 31.7 Å². The Balaban J connectivity index is 1.47. The van der Waals surface area contributed by atoms with Gasteiger partial charge in [-0.2, -0.15) is 0 Å². The standard InChI is InChI=1S/C19H20F2N2O/c20-19(21)12-18(19)7-10-22(11-8-18)17(24)16-13-4-1-2-5-14(13)23-9-3-6-15(16)23/h1-2,4-5H,3,6-12H2. The maximum absolute atomic E-state index is 13.6. The van der Waals surface area contributed by atoms with Gasteiger partial charge in [0.1, 0.15) is 0 Å². The van der Waals surface area contributed by atoms with Crippen molar-refractivity contribution in [2.45, 2.75) is 44.6 Å². The van der Waals surface area contributed by atoms with E-state index in [0.717, 1.165) is 41.5 Å². The summed E-state index contributed by atoms with van der Waals surface area (Å²) in [5.74, 6) is -2.48. The lowest BCUT2D eigenvalue weighted by molar-refractivity contribution is 0.0284. The van der Waals surface area contributed by atoms with Crippen molar-refractivity contribution in [2.24, 2.45) is 5.41 Å². The number of piperidine rings is 1. The molecular formula is C19H20F2N2O. The van der Waals surface area contributed by atoms with E-state index in [1.165, 1.54) is 0 Å². The van der Waals surface area contributed by atoms with Gasteiger partial charge in [0.05, 0.1) is 5.56 Å². The molecule has 5 heteroatoms. The first-order valence-corrected chi connectivity index (χ1v) is 8.80. The fourth-order valence-electron chi connectivity index (χ4n) is 4.73. The molecule has 3 aliphatic rings. The summed E-state index contributed by atoms with van der Waals surface area (Å²) < 4.78 is 29.4. The molecule has 0 bridgehead atoms. The number of aromatic nitrogens is 1. The van der Waals surface area contributed by atoms with E-state index in [9.17, 15) is 13.6 Å². The lowest BCUT2D eigenvalue weighted by Crippen LogP contribution is -2.40. The summed E-state index contributed by atoms with van der Waals surface area (Å²) in [7, 11) is 0. The molecule has 1 aliphatic carbocycles. The molecule has 1 aromatic heterocycles. The highest BCUT2D eigenvalue weighted by molar-refractivity contribution is 6.08. The molecule has 2 fully saturated rings. The summed E-state index contributed by atoms with van der Waals surface area (Å²) in [6, 6.07) is 8.04. The van der Waals surface area contributed by atoms with E-state index in [2.05, 4.69) is 10.6 Å². The maximum atomic E-state index is 13.6. The number of likely N-dealkylation sites (tertiary alicyclic amines) is 1. The zero-order valence-corrected chi connectivity index (χ0v) is 13.5. The summed E-state index contributed by atoms with van der Waals surface area (Å²) in [5, 5.41) is 1.01. The van der Waals surface area contributed by atoms with Crippen molar-refractivity contribution in [2.75, 3.05) is 13.1 Å². The number of hydrogen-bond donors (Lipinski definition) is 0. The molecule has 0 atom stereocenters. The maximum Gasteiger partial charge on any atom is 0.256 e. The third-order valence-electron chi connectivity index (χ3n) is 6.31. The van der Waals surface area contributed by atoms with Crippen LogP contribution in [0.5, 0.6) is 0 Å². The Labute approximate surface area is 139 Å². The molecule has 1 aromatic carbocycles. The highest BCUT2D eigenvalue weighted by Crippen LogP contribution is 2.65. The second-order valence-electron chi connectivity index (χ2n) is 7.55. The molecule has 0 unspecified atom stereocenters. The number of nitrogens with zero attached hydrogens (tertiary/aromatic N) is 2. The molecule has 3 nitrogen and oxygen atoms in total. The molecule has 1 amide bonds. The van der Waals surface area contributed by atoms with Gasteiger partial charge in [-0.3, -0.25) is 4.79 Å². The third-order valence-corrected chi connectivity index (χ3v) is 6.31. The van der Waals surface area contributed by atoms with Crippen LogP contribution in [0.15, 0.2) is 24.3 Å². The topological polar surface area (TPSA) is 25.2 Å². The smallest absolute Gasteiger partial charge is 0.256 e. The van der Waals surface area contributed by atoms with E-state index in [-0.39, 0.29) is 12.3 Å². The van der Waals surface area contributed by atoms with Crippen LogP contribution in [0.1, 0.15) is 41.7 Å². The second kappa shape index (κ2) is 4.58. The van der Waals surface area contributed by atoms with Gasteiger partial charge < -0.3 is 9.47 Å². The Morgan fingerprint density at radius 1 is 1.08 bits per heavy atom. The van der Waals surface area contributed by atoms with Crippen LogP contribution in [-0.4, -0.2) is 34.4 Å². The largest absolute Gasteiger partial charge is 0.344 e. The average molecular weight is 330 g/mol.